The van der Waals surface area contributed by atoms with Crippen LogP contribution in [0.1, 0.15) is 15.9 Å². The van der Waals surface area contributed by atoms with Crippen molar-refractivity contribution in [3.8, 4) is 5.75 Å². The maximum Gasteiger partial charge on any atom is 0.335 e. The van der Waals surface area contributed by atoms with E-state index in [1.807, 2.05) is 31.2 Å². The van der Waals surface area contributed by atoms with Crippen LogP contribution >= 0.6 is 0 Å². The minimum absolute atomic E-state index is 0.0355. The fourth-order valence-electron chi connectivity index (χ4n) is 2.97. The molecule has 0 radical (unpaired) electrons. The number of piperazine rings is 1. The van der Waals surface area contributed by atoms with Gasteiger partial charge in [-0.2, -0.15) is 12.7 Å². The number of rotatable bonds is 6. The number of benzene rings is 2. The van der Waals surface area contributed by atoms with Crippen molar-refractivity contribution < 1.29 is 27.9 Å². The highest BCUT2D eigenvalue weighted by atomic mass is 32.2. The minimum atomic E-state index is -4.04. The summed E-state index contributed by atoms with van der Waals surface area (Å²) in [5.74, 6) is -1.42. The summed E-state index contributed by atoms with van der Waals surface area (Å²) in [6.07, 6.45) is 0. The van der Waals surface area contributed by atoms with Gasteiger partial charge in [-0.05, 0) is 37.3 Å². The highest BCUT2D eigenvalue weighted by molar-refractivity contribution is 7.90. The molecule has 0 spiro atoms. The van der Waals surface area contributed by atoms with Crippen LogP contribution in [0.25, 0.3) is 0 Å². The highest BCUT2D eigenvalue weighted by Gasteiger charge is 2.33. The second-order valence-corrected chi connectivity index (χ2v) is 8.21. The van der Waals surface area contributed by atoms with Gasteiger partial charge >= 0.3 is 16.2 Å². The van der Waals surface area contributed by atoms with Crippen LogP contribution in [0.3, 0.4) is 0 Å². The number of aromatic carboxylic acids is 1. The summed E-state index contributed by atoms with van der Waals surface area (Å²) in [7, 11) is -2.73. The van der Waals surface area contributed by atoms with Gasteiger partial charge in [-0.25, -0.2) is 4.79 Å². The number of hydrogen-bond acceptors (Lipinski definition) is 5. The minimum Gasteiger partial charge on any atom is -0.495 e. The summed E-state index contributed by atoms with van der Waals surface area (Å²) < 4.78 is 34.0. The smallest absolute Gasteiger partial charge is 0.335 e. The number of aryl methyl sites for hydroxylation is 1. The Labute approximate surface area is 168 Å². The molecule has 2 aromatic carbocycles. The maximum atomic E-state index is 12.7. The predicted molar refractivity (Wildman–Crippen MR) is 108 cm³/mol. The largest absolute Gasteiger partial charge is 0.495 e. The lowest BCUT2D eigenvalue weighted by Crippen LogP contribution is -2.53. The van der Waals surface area contributed by atoms with E-state index >= 15 is 0 Å². The van der Waals surface area contributed by atoms with E-state index in [1.54, 1.807) is 4.90 Å². The van der Waals surface area contributed by atoms with Crippen molar-refractivity contribution in [1.29, 1.82) is 0 Å². The van der Waals surface area contributed by atoms with Crippen LogP contribution in [0.4, 0.5) is 11.4 Å². The van der Waals surface area contributed by atoms with Crippen LogP contribution in [-0.2, 0) is 15.0 Å². The van der Waals surface area contributed by atoms with Gasteiger partial charge in [-0.15, -0.1) is 0 Å². The Hall–Kier alpha value is -3.11. The SMILES string of the molecule is COc1cc(C(=O)O)ccc1NS(=O)(=O)N1CCN(c2ccc(C)cc2)C(=O)C1. The number of carboxylic acids is 1. The lowest BCUT2D eigenvalue weighted by molar-refractivity contribution is -0.119. The second kappa shape index (κ2) is 8.10. The summed E-state index contributed by atoms with van der Waals surface area (Å²) in [6.45, 7) is 1.97. The molecule has 29 heavy (non-hydrogen) atoms. The Morgan fingerprint density at radius 1 is 1.14 bits per heavy atom. The molecule has 0 unspecified atom stereocenters. The van der Waals surface area contributed by atoms with Gasteiger partial charge in [0, 0.05) is 18.8 Å². The Kier molecular flexibility index (Phi) is 5.76. The second-order valence-electron chi connectivity index (χ2n) is 6.54. The molecule has 1 aliphatic heterocycles. The Morgan fingerprint density at radius 3 is 2.41 bits per heavy atom. The van der Waals surface area contributed by atoms with Crippen LogP contribution in [0.2, 0.25) is 0 Å². The Morgan fingerprint density at radius 2 is 1.83 bits per heavy atom. The lowest BCUT2D eigenvalue weighted by Gasteiger charge is -2.33. The summed E-state index contributed by atoms with van der Waals surface area (Å²) in [5, 5.41) is 9.05. The number of hydrogen-bond donors (Lipinski definition) is 2. The van der Waals surface area contributed by atoms with Crippen molar-refractivity contribution in [1.82, 2.24) is 4.31 Å². The topological polar surface area (TPSA) is 116 Å². The van der Waals surface area contributed by atoms with Crippen molar-refractivity contribution in [3.05, 3.63) is 53.6 Å². The summed E-state index contributed by atoms with van der Waals surface area (Å²) >= 11 is 0. The molecule has 1 heterocycles. The van der Waals surface area contributed by atoms with Gasteiger partial charge in [0.25, 0.3) is 0 Å². The van der Waals surface area contributed by atoms with E-state index < -0.39 is 16.2 Å². The van der Waals surface area contributed by atoms with Gasteiger partial charge < -0.3 is 14.7 Å². The van der Waals surface area contributed by atoms with E-state index in [4.69, 9.17) is 9.84 Å². The van der Waals surface area contributed by atoms with Gasteiger partial charge in [-0.3, -0.25) is 9.52 Å². The molecule has 154 valence electrons. The molecule has 0 saturated carbocycles. The number of anilines is 2. The van der Waals surface area contributed by atoms with Gasteiger partial charge in [0.1, 0.15) is 5.75 Å². The first-order valence-electron chi connectivity index (χ1n) is 8.77. The molecule has 1 amide bonds. The third-order valence-electron chi connectivity index (χ3n) is 4.56. The number of carbonyl (C=O) groups is 2. The maximum absolute atomic E-state index is 12.7. The number of ether oxygens (including phenoxy) is 1. The van der Waals surface area contributed by atoms with E-state index in [2.05, 4.69) is 4.72 Å². The molecule has 1 aliphatic rings. The first-order valence-corrected chi connectivity index (χ1v) is 10.2. The van der Waals surface area contributed by atoms with Gasteiger partial charge in [0.2, 0.25) is 5.91 Å². The first kappa shape index (κ1) is 20.6. The molecule has 10 heteroatoms. The van der Waals surface area contributed by atoms with Crippen LogP contribution < -0.4 is 14.4 Å². The van der Waals surface area contributed by atoms with Crippen molar-refractivity contribution in [2.75, 3.05) is 36.4 Å². The lowest BCUT2D eigenvalue weighted by atomic mass is 10.2. The third kappa shape index (κ3) is 4.49. The van der Waals surface area contributed by atoms with Gasteiger partial charge in [0.15, 0.2) is 0 Å². The van der Waals surface area contributed by atoms with Crippen molar-refractivity contribution >= 4 is 33.5 Å². The Bertz CT molecular complexity index is 1040. The zero-order valence-corrected chi connectivity index (χ0v) is 16.8. The van der Waals surface area contributed by atoms with Crippen molar-refractivity contribution in [2.24, 2.45) is 0 Å². The fraction of sp³-hybridized carbons (Fsp3) is 0.263. The molecule has 9 nitrogen and oxygen atoms in total. The molecule has 1 fully saturated rings. The molecular weight excluding hydrogens is 398 g/mol. The van der Waals surface area contributed by atoms with E-state index in [1.165, 1.54) is 25.3 Å². The van der Waals surface area contributed by atoms with Crippen LogP contribution in [-0.4, -0.2) is 56.5 Å². The van der Waals surface area contributed by atoms with Crippen LogP contribution in [0, 0.1) is 6.92 Å². The number of methoxy groups -OCH3 is 1. The number of nitrogens with one attached hydrogen (secondary N) is 1. The van der Waals surface area contributed by atoms with E-state index in [0.29, 0.717) is 0 Å². The number of nitrogens with zero attached hydrogens (tertiary/aromatic N) is 2. The average molecular weight is 419 g/mol. The third-order valence-corrected chi connectivity index (χ3v) is 6.03. The van der Waals surface area contributed by atoms with E-state index in [-0.39, 0.29) is 42.5 Å². The summed E-state index contributed by atoms with van der Waals surface area (Å²) in [4.78, 5) is 25.2. The molecule has 2 N–H and O–H groups in total. The number of carbonyl (C=O) groups excluding carboxylic acids is 1. The molecule has 0 bridgehead atoms. The molecule has 2 aromatic rings. The summed E-state index contributed by atoms with van der Waals surface area (Å²) in [5.41, 5.74) is 1.84. The molecular formula is C19H21N3O6S. The number of carboxylic acid groups (broad SMARTS) is 1. The monoisotopic (exact) mass is 419 g/mol. The van der Waals surface area contributed by atoms with Crippen LogP contribution in [0.15, 0.2) is 42.5 Å². The van der Waals surface area contributed by atoms with Gasteiger partial charge in [0.05, 0.1) is 24.9 Å². The standard InChI is InChI=1S/C19H21N3O6S/c1-13-3-6-15(7-4-13)22-10-9-21(12-18(22)23)29(26,27)20-16-8-5-14(19(24)25)11-17(16)28-2/h3-8,11,20H,9-10,12H2,1-2H3,(H,24,25). The van der Waals surface area contributed by atoms with Crippen molar-refractivity contribution in [2.45, 2.75) is 6.92 Å². The zero-order valence-electron chi connectivity index (χ0n) is 16.0. The number of amides is 1. The molecule has 0 aromatic heterocycles. The van der Waals surface area contributed by atoms with E-state index in [9.17, 15) is 18.0 Å². The molecule has 0 aliphatic carbocycles. The molecule has 1 saturated heterocycles. The van der Waals surface area contributed by atoms with E-state index in [0.717, 1.165) is 15.6 Å². The van der Waals surface area contributed by atoms with Crippen molar-refractivity contribution in [3.63, 3.8) is 0 Å². The quantitative estimate of drug-likeness (QED) is 0.736. The predicted octanol–water partition coefficient (Wildman–Crippen LogP) is 1.71. The van der Waals surface area contributed by atoms with Crippen LogP contribution in [0.5, 0.6) is 5.75 Å². The molecule has 0 atom stereocenters. The average Bonchev–Trinajstić information content (AvgIpc) is 2.68. The fourth-order valence-corrected chi connectivity index (χ4v) is 4.14. The molecule has 3 rings (SSSR count). The Balaban J connectivity index is 1.75. The zero-order chi connectivity index (χ0) is 21.2. The first-order chi connectivity index (χ1) is 13.7. The van der Waals surface area contributed by atoms with Gasteiger partial charge in [-0.1, -0.05) is 17.7 Å². The highest BCUT2D eigenvalue weighted by Crippen LogP contribution is 2.28. The normalized spacial score (nSPS) is 15.2. The summed E-state index contributed by atoms with van der Waals surface area (Å²) in [6, 6.07) is 11.2.